The zero-order chi connectivity index (χ0) is 21.7. The second-order valence-corrected chi connectivity index (χ2v) is 25.0. The Hall–Kier alpha value is -1.97. The number of hydrogen-bond acceptors (Lipinski definition) is 1. The van der Waals surface area contributed by atoms with Gasteiger partial charge >= 0.3 is 195 Å². The Morgan fingerprint density at radius 1 is 0.548 bits per heavy atom. The fourth-order valence-corrected chi connectivity index (χ4v) is 24.0. The van der Waals surface area contributed by atoms with E-state index in [9.17, 15) is 0 Å². The van der Waals surface area contributed by atoms with Crippen molar-refractivity contribution in [1.29, 1.82) is 0 Å². The first-order valence-electron chi connectivity index (χ1n) is 10.9. The summed E-state index contributed by atoms with van der Waals surface area (Å²) >= 11 is -3.25. The molecule has 0 atom stereocenters. The van der Waals surface area contributed by atoms with Crippen molar-refractivity contribution in [2.75, 3.05) is 0 Å². The van der Waals surface area contributed by atoms with Crippen molar-refractivity contribution in [1.82, 2.24) is 0 Å². The van der Waals surface area contributed by atoms with Gasteiger partial charge in [0.05, 0.1) is 0 Å². The van der Waals surface area contributed by atoms with Gasteiger partial charge in [0.15, 0.2) is 0 Å². The van der Waals surface area contributed by atoms with Crippen LogP contribution in [0.25, 0.3) is 0 Å². The van der Waals surface area contributed by atoms with Gasteiger partial charge in [0.2, 0.25) is 0 Å². The minimum atomic E-state index is -3.25. The Balaban J connectivity index is 1.79. The second kappa shape index (κ2) is 9.66. The van der Waals surface area contributed by atoms with Gasteiger partial charge in [0, 0.05) is 0 Å². The van der Waals surface area contributed by atoms with Gasteiger partial charge < -0.3 is 0 Å². The first-order chi connectivity index (χ1) is 15.0. The van der Waals surface area contributed by atoms with Crippen molar-refractivity contribution in [3.63, 3.8) is 0 Å². The van der Waals surface area contributed by atoms with E-state index in [0.717, 1.165) is 5.75 Å². The first-order valence-corrected chi connectivity index (χ1v) is 19.7. The molecule has 0 saturated heterocycles. The monoisotopic (exact) mass is 530 g/mol. The number of rotatable bonds is 6. The third kappa shape index (κ3) is 4.94. The summed E-state index contributed by atoms with van der Waals surface area (Å²) in [6, 6.07) is 43.0. The Bertz CT molecular complexity index is 986. The number of benzene rings is 4. The molecule has 0 unspecified atom stereocenters. The van der Waals surface area contributed by atoms with E-state index in [4.69, 9.17) is 0 Å². The molecule has 4 rings (SSSR count). The molecule has 0 aliphatic heterocycles. The molecule has 0 radical (unpaired) electrons. The fraction of sp³-hybridized carbons (Fsp3) is 0.172. The van der Waals surface area contributed by atoms with E-state index in [1.54, 1.807) is 0 Å². The Morgan fingerprint density at radius 2 is 0.935 bits per heavy atom. The molecular formula is C29H30SSn. The maximum atomic E-state index is 2.35. The van der Waals surface area contributed by atoms with Gasteiger partial charge in [-0.25, -0.2) is 0 Å². The molecule has 0 aromatic heterocycles. The zero-order valence-corrected chi connectivity index (χ0v) is 22.3. The van der Waals surface area contributed by atoms with Gasteiger partial charge in [-0.15, -0.1) is 0 Å². The molecule has 0 saturated carbocycles. The van der Waals surface area contributed by atoms with E-state index >= 15 is 0 Å². The third-order valence-corrected chi connectivity index (χ3v) is 26.2. The quantitative estimate of drug-likeness (QED) is 0.281. The molecule has 4 aromatic rings. The van der Waals surface area contributed by atoms with E-state index in [1.165, 1.54) is 21.9 Å². The SMILES string of the molecule is CC(C)(C)c1ccc(C[S][Sn]([c]2ccccc2)([c]2ccccc2)[c]2ccccc2)cc1. The summed E-state index contributed by atoms with van der Waals surface area (Å²) in [7, 11) is 2.20. The second-order valence-electron chi connectivity index (χ2n) is 9.01. The van der Waals surface area contributed by atoms with Crippen LogP contribution in [-0.2, 0) is 11.2 Å². The van der Waals surface area contributed by atoms with Gasteiger partial charge in [-0.2, -0.15) is 0 Å². The summed E-state index contributed by atoms with van der Waals surface area (Å²) in [5.74, 6) is 1.03. The van der Waals surface area contributed by atoms with Gasteiger partial charge in [-0.05, 0) is 0 Å². The Morgan fingerprint density at radius 3 is 1.29 bits per heavy atom. The van der Waals surface area contributed by atoms with Crippen LogP contribution in [0, 0.1) is 0 Å². The molecule has 31 heavy (non-hydrogen) atoms. The van der Waals surface area contributed by atoms with Crippen LogP contribution in [0.1, 0.15) is 31.9 Å². The molecule has 0 nitrogen and oxygen atoms in total. The summed E-state index contributed by atoms with van der Waals surface area (Å²) in [6.45, 7) is 6.83. The molecule has 0 spiro atoms. The topological polar surface area (TPSA) is 0 Å². The van der Waals surface area contributed by atoms with Gasteiger partial charge in [-0.1, -0.05) is 0 Å². The van der Waals surface area contributed by atoms with Gasteiger partial charge in [0.1, 0.15) is 0 Å². The molecule has 2 heteroatoms. The van der Waals surface area contributed by atoms with Crippen molar-refractivity contribution >= 4 is 36.7 Å². The van der Waals surface area contributed by atoms with Crippen LogP contribution >= 0.6 is 8.95 Å². The van der Waals surface area contributed by atoms with E-state index in [1.807, 2.05) is 0 Å². The normalized spacial score (nSPS) is 12.0. The van der Waals surface area contributed by atoms with Crippen LogP contribution in [0.5, 0.6) is 0 Å². The zero-order valence-electron chi connectivity index (χ0n) is 18.6. The van der Waals surface area contributed by atoms with Crippen molar-refractivity contribution in [3.8, 4) is 0 Å². The van der Waals surface area contributed by atoms with E-state index < -0.39 is 17.0 Å². The van der Waals surface area contributed by atoms with Crippen molar-refractivity contribution in [3.05, 3.63) is 126 Å². The standard InChI is InChI=1S/C11H16S.3C6H5.Sn/c1-11(2,3)10-6-4-9(8-12)5-7-10;3*1-2-4-6-5-3-1;/h4-7,12H,8H2,1-3H3;3*1-5H;/q;;;;+1/p-1. The summed E-state index contributed by atoms with van der Waals surface area (Å²) in [5.41, 5.74) is 2.99. The number of hydrogen-bond donors (Lipinski definition) is 0. The predicted octanol–water partition coefficient (Wildman–Crippen LogP) is 5.88. The van der Waals surface area contributed by atoms with Crippen molar-refractivity contribution in [2.45, 2.75) is 31.9 Å². The average molecular weight is 529 g/mol. The molecule has 0 fully saturated rings. The van der Waals surface area contributed by atoms with Crippen LogP contribution in [0.15, 0.2) is 115 Å². The summed E-state index contributed by atoms with van der Waals surface area (Å²) in [5, 5.41) is 0. The molecule has 0 aliphatic carbocycles. The Labute approximate surface area is 194 Å². The van der Waals surface area contributed by atoms with E-state index in [2.05, 4.69) is 145 Å². The van der Waals surface area contributed by atoms with Crippen LogP contribution < -0.4 is 10.7 Å². The predicted molar refractivity (Wildman–Crippen MR) is 140 cm³/mol. The van der Waals surface area contributed by atoms with Crippen LogP contribution in [0.4, 0.5) is 0 Å². The van der Waals surface area contributed by atoms with Crippen LogP contribution in [-0.4, -0.2) is 17.0 Å². The third-order valence-electron chi connectivity index (χ3n) is 5.82. The fourth-order valence-electron chi connectivity index (χ4n) is 4.06. The Kier molecular flexibility index (Phi) is 6.93. The van der Waals surface area contributed by atoms with Gasteiger partial charge in [0.25, 0.3) is 0 Å². The van der Waals surface area contributed by atoms with Gasteiger partial charge in [-0.3, -0.25) is 0 Å². The average Bonchev–Trinajstić information content (AvgIpc) is 2.81. The van der Waals surface area contributed by atoms with Crippen molar-refractivity contribution in [2.24, 2.45) is 0 Å². The molecule has 156 valence electrons. The summed E-state index contributed by atoms with van der Waals surface area (Å²) in [4.78, 5) is 0. The molecule has 0 aliphatic rings. The molecular weight excluding hydrogens is 499 g/mol. The molecule has 0 bridgehead atoms. The van der Waals surface area contributed by atoms with E-state index in [-0.39, 0.29) is 5.41 Å². The van der Waals surface area contributed by atoms with Crippen LogP contribution in [0.2, 0.25) is 0 Å². The maximum absolute atomic E-state index is 3.25. The summed E-state index contributed by atoms with van der Waals surface area (Å²) in [6.07, 6.45) is 0. The minimum absolute atomic E-state index is 0.187. The molecule has 0 amide bonds. The van der Waals surface area contributed by atoms with Crippen LogP contribution in [0.3, 0.4) is 0 Å². The molecule has 0 heterocycles. The molecule has 4 aromatic carbocycles. The van der Waals surface area contributed by atoms with E-state index in [0.29, 0.717) is 0 Å². The first kappa shape index (κ1) is 22.2. The summed E-state index contributed by atoms with van der Waals surface area (Å²) < 4.78 is 4.56. The molecule has 0 N–H and O–H groups in total. The van der Waals surface area contributed by atoms with Crippen molar-refractivity contribution < 1.29 is 0 Å².